The molecule has 0 aromatic heterocycles. The molecular formula is C20H34Cl2N4O3S2. The average molecular weight is 514 g/mol. The van der Waals surface area contributed by atoms with Crippen LogP contribution in [-0.2, 0) is 9.53 Å². The van der Waals surface area contributed by atoms with Gasteiger partial charge in [0.25, 0.3) is 0 Å². The zero-order valence-corrected chi connectivity index (χ0v) is 21.2. The molecule has 3 unspecified atom stereocenters. The van der Waals surface area contributed by atoms with Crippen molar-refractivity contribution in [1.82, 2.24) is 15.5 Å². The van der Waals surface area contributed by atoms with Crippen LogP contribution in [0.4, 0.5) is 0 Å². The summed E-state index contributed by atoms with van der Waals surface area (Å²) in [7, 11) is 3.34. The van der Waals surface area contributed by atoms with Crippen LogP contribution in [0.5, 0.6) is 0 Å². The van der Waals surface area contributed by atoms with Gasteiger partial charge in [0, 0.05) is 31.2 Å². The van der Waals surface area contributed by atoms with E-state index in [1.54, 1.807) is 6.08 Å². The Bertz CT molecular complexity index is 623. The summed E-state index contributed by atoms with van der Waals surface area (Å²) in [6, 6.07) is 0. The largest absolute Gasteiger partial charge is 0.392 e. The Morgan fingerprint density at radius 3 is 2.97 bits per heavy atom. The second-order valence-electron chi connectivity index (χ2n) is 6.67. The quantitative estimate of drug-likeness (QED) is 0.246. The Kier molecular flexibility index (Phi) is 16.0. The molecule has 1 amide bonds. The average Bonchev–Trinajstić information content (AvgIpc) is 2.79. The molecule has 1 aliphatic carbocycles. The predicted molar refractivity (Wildman–Crippen MR) is 135 cm³/mol. The summed E-state index contributed by atoms with van der Waals surface area (Å²) < 4.78 is 5.86. The minimum absolute atomic E-state index is 0.0134. The van der Waals surface area contributed by atoms with Crippen molar-refractivity contribution in [3.63, 3.8) is 0 Å². The number of nitrogens with zero attached hydrogens (tertiary/aromatic N) is 1. The first kappa shape index (κ1) is 28.8. The zero-order valence-electron chi connectivity index (χ0n) is 18.1. The van der Waals surface area contributed by atoms with Crippen molar-refractivity contribution in [2.24, 2.45) is 5.73 Å². The van der Waals surface area contributed by atoms with Gasteiger partial charge in [0.1, 0.15) is 4.71 Å². The Hall–Kier alpha value is -0.230. The SMILES string of the molecule is CN.CNC(S/C=C/CO)SCC(=O)NCC1CN(CC2=CCC(Cl)C(Cl)=C2)CCO1. The Morgan fingerprint density at radius 1 is 1.52 bits per heavy atom. The van der Waals surface area contributed by atoms with E-state index in [2.05, 4.69) is 27.3 Å². The fourth-order valence-corrected chi connectivity index (χ4v) is 5.04. The standard InChI is InChI=1S/C19H29Cl2N3O3S2.CH5N/c1-22-19(28-8-2-6-25)29-13-18(26)23-10-15-12-24(5-7-27-15)11-14-3-4-16(20)17(21)9-14;1-2/h2-3,8-9,15-16,19,22,25H,4-7,10-13H2,1H3,(H,23,26);2H2,1H3/b8-2+;. The highest BCUT2D eigenvalue weighted by molar-refractivity contribution is 8.18. The summed E-state index contributed by atoms with van der Waals surface area (Å²) in [5.41, 5.74) is 5.68. The van der Waals surface area contributed by atoms with Gasteiger partial charge in [-0.15, -0.1) is 35.1 Å². The zero-order chi connectivity index (χ0) is 23.1. The van der Waals surface area contributed by atoms with E-state index in [0.717, 1.165) is 26.1 Å². The molecule has 11 heteroatoms. The predicted octanol–water partition coefficient (Wildman–Crippen LogP) is 1.91. The van der Waals surface area contributed by atoms with Gasteiger partial charge in [0.05, 0.1) is 30.4 Å². The number of hydrogen-bond acceptors (Lipinski definition) is 8. The molecule has 5 N–H and O–H groups in total. The molecule has 0 aromatic carbocycles. The molecule has 31 heavy (non-hydrogen) atoms. The Balaban J connectivity index is 0.00000233. The molecule has 0 spiro atoms. The lowest BCUT2D eigenvalue weighted by Crippen LogP contribution is -2.48. The number of nitrogens with one attached hydrogen (secondary N) is 2. The number of amides is 1. The number of aliphatic hydroxyl groups excluding tert-OH is 1. The fourth-order valence-electron chi connectivity index (χ4n) is 2.90. The van der Waals surface area contributed by atoms with E-state index in [-0.39, 0.29) is 28.7 Å². The molecule has 0 saturated carbocycles. The van der Waals surface area contributed by atoms with Crippen LogP contribution < -0.4 is 16.4 Å². The van der Waals surface area contributed by atoms with Gasteiger partial charge in [0.15, 0.2) is 0 Å². The molecule has 0 bridgehead atoms. The van der Waals surface area contributed by atoms with Crippen molar-refractivity contribution in [2.75, 3.05) is 59.2 Å². The summed E-state index contributed by atoms with van der Waals surface area (Å²) in [6.07, 6.45) is 6.50. The molecule has 1 aliphatic heterocycles. The molecule has 2 rings (SSSR count). The van der Waals surface area contributed by atoms with Crippen LogP contribution in [0.2, 0.25) is 0 Å². The van der Waals surface area contributed by atoms with E-state index >= 15 is 0 Å². The van der Waals surface area contributed by atoms with Crippen molar-refractivity contribution in [3.05, 3.63) is 34.2 Å². The number of ether oxygens (including phenoxy) is 1. The van der Waals surface area contributed by atoms with Crippen LogP contribution in [-0.4, -0.2) is 91.3 Å². The highest BCUT2D eigenvalue weighted by atomic mass is 35.5. The lowest BCUT2D eigenvalue weighted by molar-refractivity contribution is -0.119. The molecule has 1 fully saturated rings. The number of carbonyl (C=O) groups is 1. The van der Waals surface area contributed by atoms with Gasteiger partial charge in [-0.2, -0.15) is 0 Å². The number of nitrogens with two attached hydrogens (primary N) is 1. The van der Waals surface area contributed by atoms with Crippen molar-refractivity contribution in [2.45, 2.75) is 22.6 Å². The Labute approximate surface area is 204 Å². The Morgan fingerprint density at radius 2 is 2.29 bits per heavy atom. The van der Waals surface area contributed by atoms with E-state index in [1.807, 2.05) is 18.5 Å². The summed E-state index contributed by atoms with van der Waals surface area (Å²) >= 11 is 15.3. The number of morpholine rings is 1. The van der Waals surface area contributed by atoms with Gasteiger partial charge >= 0.3 is 0 Å². The number of allylic oxidation sites excluding steroid dienone is 2. The van der Waals surface area contributed by atoms with E-state index in [9.17, 15) is 4.79 Å². The fraction of sp³-hybridized carbons (Fsp3) is 0.650. The minimum atomic E-state index is -0.113. The molecule has 2 aliphatic rings. The summed E-state index contributed by atoms with van der Waals surface area (Å²) in [5.74, 6) is 0.345. The van der Waals surface area contributed by atoms with Gasteiger partial charge in [-0.3, -0.25) is 15.0 Å². The summed E-state index contributed by atoms with van der Waals surface area (Å²) in [4.78, 5) is 14.5. The number of rotatable bonds is 11. The van der Waals surface area contributed by atoms with Crippen LogP contribution in [0.3, 0.4) is 0 Å². The monoisotopic (exact) mass is 512 g/mol. The van der Waals surface area contributed by atoms with E-state index < -0.39 is 0 Å². The van der Waals surface area contributed by atoms with Crippen molar-refractivity contribution >= 4 is 52.6 Å². The van der Waals surface area contributed by atoms with Crippen LogP contribution in [0.1, 0.15) is 6.42 Å². The third-order valence-corrected chi connectivity index (χ3v) is 7.81. The number of halogens is 2. The first-order chi connectivity index (χ1) is 15.0. The lowest BCUT2D eigenvalue weighted by Gasteiger charge is -2.33. The summed E-state index contributed by atoms with van der Waals surface area (Å²) in [6.45, 7) is 3.59. The molecule has 1 saturated heterocycles. The number of thioether (sulfide) groups is 2. The van der Waals surface area contributed by atoms with Crippen molar-refractivity contribution < 1.29 is 14.6 Å². The van der Waals surface area contributed by atoms with E-state index in [1.165, 1.54) is 36.1 Å². The maximum atomic E-state index is 12.2. The third-order valence-electron chi connectivity index (χ3n) is 4.37. The van der Waals surface area contributed by atoms with Gasteiger partial charge in [-0.25, -0.2) is 0 Å². The smallest absolute Gasteiger partial charge is 0.230 e. The van der Waals surface area contributed by atoms with Crippen LogP contribution >= 0.6 is 46.7 Å². The van der Waals surface area contributed by atoms with E-state index in [4.69, 9.17) is 33.0 Å². The highest BCUT2D eigenvalue weighted by Crippen LogP contribution is 2.26. The number of alkyl halides is 1. The van der Waals surface area contributed by atoms with Gasteiger partial charge in [-0.1, -0.05) is 23.8 Å². The number of carbonyl (C=O) groups excluding carboxylic acids is 1. The first-order valence-electron chi connectivity index (χ1n) is 10.1. The summed E-state index contributed by atoms with van der Waals surface area (Å²) in [5, 5.41) is 17.3. The highest BCUT2D eigenvalue weighted by Gasteiger charge is 2.23. The first-order valence-corrected chi connectivity index (χ1v) is 12.9. The van der Waals surface area contributed by atoms with E-state index in [0.29, 0.717) is 23.9 Å². The molecule has 178 valence electrons. The third kappa shape index (κ3) is 12.0. The molecule has 7 nitrogen and oxygen atoms in total. The molecule has 0 aromatic rings. The van der Waals surface area contributed by atoms with Crippen LogP contribution in [0.15, 0.2) is 34.2 Å². The van der Waals surface area contributed by atoms with Crippen LogP contribution in [0.25, 0.3) is 0 Å². The lowest BCUT2D eigenvalue weighted by atomic mass is 10.1. The van der Waals surface area contributed by atoms with Gasteiger partial charge < -0.3 is 20.9 Å². The molecule has 0 radical (unpaired) electrons. The van der Waals surface area contributed by atoms with Crippen molar-refractivity contribution in [3.8, 4) is 0 Å². The normalized spacial score (nSPS) is 22.9. The maximum absolute atomic E-state index is 12.2. The van der Waals surface area contributed by atoms with Crippen LogP contribution in [0, 0.1) is 0 Å². The number of aliphatic hydroxyl groups is 1. The van der Waals surface area contributed by atoms with Crippen molar-refractivity contribution in [1.29, 1.82) is 0 Å². The van der Waals surface area contributed by atoms with Gasteiger partial charge in [-0.05, 0) is 37.6 Å². The second-order valence-corrected chi connectivity index (χ2v) is 10.0. The minimum Gasteiger partial charge on any atom is -0.392 e. The molecule has 3 atom stereocenters. The topological polar surface area (TPSA) is 99.8 Å². The maximum Gasteiger partial charge on any atom is 0.230 e. The van der Waals surface area contributed by atoms with Gasteiger partial charge in [0.2, 0.25) is 5.91 Å². The second kappa shape index (κ2) is 17.3. The number of hydrogen-bond donors (Lipinski definition) is 4. The molecule has 1 heterocycles. The molecular weight excluding hydrogens is 479 g/mol.